The fraction of sp³-hybridized carbons (Fsp3) is 0.310. The number of benzene rings is 3. The van der Waals surface area contributed by atoms with Crippen LogP contribution in [0.5, 0.6) is 5.75 Å². The summed E-state index contributed by atoms with van der Waals surface area (Å²) >= 11 is 1.48. The summed E-state index contributed by atoms with van der Waals surface area (Å²) in [6, 6.07) is 22.4. The van der Waals surface area contributed by atoms with Crippen LogP contribution in [0.1, 0.15) is 45.1 Å². The second-order valence-corrected chi connectivity index (χ2v) is 9.99. The van der Waals surface area contributed by atoms with Crippen LogP contribution in [0.3, 0.4) is 0 Å². The molecule has 1 saturated heterocycles. The van der Waals surface area contributed by atoms with Gasteiger partial charge in [-0.25, -0.2) is 4.99 Å². The van der Waals surface area contributed by atoms with Crippen molar-refractivity contribution in [3.8, 4) is 5.75 Å². The summed E-state index contributed by atoms with van der Waals surface area (Å²) in [5.74, 6) is 1.30. The fourth-order valence-corrected chi connectivity index (χ4v) is 6.01. The molecule has 2 fully saturated rings. The predicted molar refractivity (Wildman–Crippen MR) is 142 cm³/mol. The molecule has 3 aromatic rings. The van der Waals surface area contributed by atoms with Gasteiger partial charge in [0.05, 0.1) is 17.2 Å². The number of thioether (sulfide) groups is 1. The molecule has 1 saturated carbocycles. The van der Waals surface area contributed by atoms with Gasteiger partial charge in [0.2, 0.25) is 0 Å². The third-order valence-electron chi connectivity index (χ3n) is 6.72. The zero-order chi connectivity index (χ0) is 23.5. The molecule has 1 aliphatic carbocycles. The van der Waals surface area contributed by atoms with Crippen molar-refractivity contribution in [2.45, 2.75) is 45.6 Å². The van der Waals surface area contributed by atoms with Crippen LogP contribution in [0.4, 0.5) is 5.69 Å². The predicted octanol–water partition coefficient (Wildman–Crippen LogP) is 7.42. The molecule has 3 aromatic carbocycles. The minimum atomic E-state index is 0.0498. The standard InChI is InChI=1S/C29H30N2O2S/c1-3-33-26-18-17-21-12-8-9-15-23(21)24(26)19-27-28(32)31(25-16-10-7-11-20(25)2)29(34-27)30-22-13-5-4-6-14-22/h4-6,8-9,12-15,17-20,25H,3,7,10-11,16H2,1-2H3/b27-19-,30-29?/t20-,25-/m0/s1. The average Bonchev–Trinajstić information content (AvgIpc) is 3.16. The molecule has 5 heteroatoms. The van der Waals surface area contributed by atoms with Gasteiger partial charge in [-0.05, 0) is 72.5 Å². The van der Waals surface area contributed by atoms with Crippen LogP contribution in [0.25, 0.3) is 16.8 Å². The van der Waals surface area contributed by atoms with E-state index in [1.807, 2.05) is 66.4 Å². The highest BCUT2D eigenvalue weighted by atomic mass is 32.2. The lowest BCUT2D eigenvalue weighted by atomic mass is 9.85. The van der Waals surface area contributed by atoms with E-state index in [2.05, 4.69) is 25.1 Å². The summed E-state index contributed by atoms with van der Waals surface area (Å²) < 4.78 is 5.96. The molecule has 4 nitrogen and oxygen atoms in total. The summed E-state index contributed by atoms with van der Waals surface area (Å²) in [6.07, 6.45) is 6.56. The number of hydrogen-bond donors (Lipinski definition) is 0. The fourth-order valence-electron chi connectivity index (χ4n) is 4.99. The van der Waals surface area contributed by atoms with Gasteiger partial charge in [0.15, 0.2) is 5.17 Å². The molecule has 1 heterocycles. The molecular formula is C29H30N2O2S. The molecule has 2 aliphatic rings. The summed E-state index contributed by atoms with van der Waals surface area (Å²) in [5.41, 5.74) is 1.82. The van der Waals surface area contributed by atoms with E-state index in [4.69, 9.17) is 9.73 Å². The molecule has 0 unspecified atom stereocenters. The Kier molecular flexibility index (Phi) is 6.73. The van der Waals surface area contributed by atoms with E-state index in [0.717, 1.165) is 52.2 Å². The number of ether oxygens (including phenoxy) is 1. The lowest BCUT2D eigenvalue weighted by molar-refractivity contribution is -0.124. The molecule has 1 amide bonds. The Morgan fingerprint density at radius 2 is 1.79 bits per heavy atom. The molecule has 0 aromatic heterocycles. The van der Waals surface area contributed by atoms with Crippen molar-refractivity contribution < 1.29 is 9.53 Å². The summed E-state index contributed by atoms with van der Waals surface area (Å²) in [5, 5.41) is 2.99. The van der Waals surface area contributed by atoms with Gasteiger partial charge in [-0.1, -0.05) is 68.3 Å². The van der Waals surface area contributed by atoms with Gasteiger partial charge >= 0.3 is 0 Å². The number of amidine groups is 1. The van der Waals surface area contributed by atoms with Crippen molar-refractivity contribution in [1.29, 1.82) is 0 Å². The highest BCUT2D eigenvalue weighted by Crippen LogP contribution is 2.41. The average molecular weight is 471 g/mol. The van der Waals surface area contributed by atoms with Crippen molar-refractivity contribution in [2.24, 2.45) is 10.9 Å². The second-order valence-electron chi connectivity index (χ2n) is 8.98. The van der Waals surface area contributed by atoms with Gasteiger partial charge < -0.3 is 4.74 Å². The molecule has 0 spiro atoms. The minimum absolute atomic E-state index is 0.0498. The van der Waals surface area contributed by atoms with E-state index >= 15 is 0 Å². The topological polar surface area (TPSA) is 41.9 Å². The van der Waals surface area contributed by atoms with E-state index < -0.39 is 0 Å². The largest absolute Gasteiger partial charge is 0.493 e. The summed E-state index contributed by atoms with van der Waals surface area (Å²) in [6.45, 7) is 4.82. The Hall–Kier alpha value is -3.05. The van der Waals surface area contributed by atoms with Crippen LogP contribution < -0.4 is 4.74 Å². The van der Waals surface area contributed by atoms with Crippen LogP contribution in [-0.4, -0.2) is 28.6 Å². The number of carbonyl (C=O) groups excluding carboxylic acids is 1. The van der Waals surface area contributed by atoms with Crippen LogP contribution in [-0.2, 0) is 4.79 Å². The quantitative estimate of drug-likeness (QED) is 0.364. The Bertz CT molecular complexity index is 1250. The molecule has 0 bridgehead atoms. The number of amides is 1. The monoisotopic (exact) mass is 470 g/mol. The Balaban J connectivity index is 1.61. The maximum atomic E-state index is 13.9. The summed E-state index contributed by atoms with van der Waals surface area (Å²) in [4.78, 5) is 21.5. The lowest BCUT2D eigenvalue weighted by Crippen LogP contribution is -2.44. The van der Waals surface area contributed by atoms with E-state index in [1.165, 1.54) is 18.2 Å². The second kappa shape index (κ2) is 10.1. The first-order valence-corrected chi connectivity index (χ1v) is 13.0. The van der Waals surface area contributed by atoms with Gasteiger partial charge in [-0.15, -0.1) is 0 Å². The number of hydrogen-bond acceptors (Lipinski definition) is 4. The smallest absolute Gasteiger partial charge is 0.267 e. The van der Waals surface area contributed by atoms with Crippen LogP contribution in [0, 0.1) is 5.92 Å². The van der Waals surface area contributed by atoms with Crippen molar-refractivity contribution in [3.63, 3.8) is 0 Å². The highest BCUT2D eigenvalue weighted by Gasteiger charge is 2.41. The van der Waals surface area contributed by atoms with Crippen molar-refractivity contribution in [3.05, 3.63) is 77.2 Å². The maximum absolute atomic E-state index is 13.9. The zero-order valence-electron chi connectivity index (χ0n) is 19.7. The molecule has 0 radical (unpaired) electrons. The van der Waals surface area contributed by atoms with Crippen molar-refractivity contribution in [1.82, 2.24) is 4.90 Å². The van der Waals surface area contributed by atoms with Gasteiger partial charge in [0.1, 0.15) is 5.75 Å². The van der Waals surface area contributed by atoms with Gasteiger partial charge in [0.25, 0.3) is 5.91 Å². The van der Waals surface area contributed by atoms with E-state index in [1.54, 1.807) is 0 Å². The van der Waals surface area contributed by atoms with E-state index in [9.17, 15) is 4.79 Å². The molecule has 34 heavy (non-hydrogen) atoms. The Morgan fingerprint density at radius 3 is 2.59 bits per heavy atom. The number of nitrogens with zero attached hydrogens (tertiary/aromatic N) is 2. The lowest BCUT2D eigenvalue weighted by Gasteiger charge is -2.35. The molecular weight excluding hydrogens is 440 g/mol. The van der Waals surface area contributed by atoms with E-state index in [-0.39, 0.29) is 11.9 Å². The molecule has 174 valence electrons. The van der Waals surface area contributed by atoms with Crippen molar-refractivity contribution >= 4 is 45.4 Å². The first-order chi connectivity index (χ1) is 16.7. The normalized spacial score (nSPS) is 23.2. The maximum Gasteiger partial charge on any atom is 0.267 e. The highest BCUT2D eigenvalue weighted by molar-refractivity contribution is 8.18. The molecule has 5 rings (SSSR count). The van der Waals surface area contributed by atoms with E-state index in [0.29, 0.717) is 17.4 Å². The van der Waals surface area contributed by atoms with Crippen molar-refractivity contribution in [2.75, 3.05) is 6.61 Å². The zero-order valence-corrected chi connectivity index (χ0v) is 20.6. The molecule has 1 aliphatic heterocycles. The number of para-hydroxylation sites is 1. The van der Waals surface area contributed by atoms with Gasteiger partial charge in [0, 0.05) is 11.6 Å². The molecule has 2 atom stereocenters. The minimum Gasteiger partial charge on any atom is -0.493 e. The van der Waals surface area contributed by atoms with Gasteiger partial charge in [-0.3, -0.25) is 9.69 Å². The van der Waals surface area contributed by atoms with Crippen LogP contribution in [0.15, 0.2) is 76.6 Å². The van der Waals surface area contributed by atoms with Gasteiger partial charge in [-0.2, -0.15) is 0 Å². The van der Waals surface area contributed by atoms with Crippen LogP contribution >= 0.6 is 11.8 Å². The third kappa shape index (κ3) is 4.49. The number of aliphatic imine (C=N–C) groups is 1. The Labute approximate surface area is 205 Å². The number of rotatable bonds is 5. The van der Waals surface area contributed by atoms with Crippen LogP contribution in [0.2, 0.25) is 0 Å². The Morgan fingerprint density at radius 1 is 1.03 bits per heavy atom. The number of carbonyl (C=O) groups is 1. The third-order valence-corrected chi connectivity index (χ3v) is 7.70. The first-order valence-electron chi connectivity index (χ1n) is 12.2. The first kappa shape index (κ1) is 22.7. The SMILES string of the molecule is CCOc1ccc2ccccc2c1/C=C1\SC(=Nc2ccccc2)N([C@H]2CCCC[C@@H]2C)C1=O. The number of fused-ring (bicyclic) bond motifs is 1. The molecule has 0 N–H and O–H groups in total. The summed E-state index contributed by atoms with van der Waals surface area (Å²) in [7, 11) is 0.